The maximum atomic E-state index is 12.7. The predicted octanol–water partition coefficient (Wildman–Crippen LogP) is 16.0. The fourth-order valence-corrected chi connectivity index (χ4v) is 20.5. The summed E-state index contributed by atoms with van der Waals surface area (Å²) in [5, 5.41) is 5.98. The summed E-state index contributed by atoms with van der Waals surface area (Å²) in [5.74, 6) is 3.93. The number of carbonyl (C=O) groups excluding carboxylic acids is 2. The van der Waals surface area contributed by atoms with Gasteiger partial charge in [-0.25, -0.2) is 33.9 Å². The number of nitrogens with zero attached hydrogens (tertiary/aromatic N) is 5. The van der Waals surface area contributed by atoms with Gasteiger partial charge in [0.2, 0.25) is 41.9 Å². The molecule has 560 valence electrons. The molecule has 17 rings (SSSR count). The number of likely N-dealkylation sites (tertiary alicyclic amines) is 1. The lowest BCUT2D eigenvalue weighted by Gasteiger charge is -2.32. The van der Waals surface area contributed by atoms with Crippen LogP contribution >= 0.6 is 0 Å². The summed E-state index contributed by atoms with van der Waals surface area (Å²) in [6.07, 6.45) is 23.9. The highest BCUT2D eigenvalue weighted by Crippen LogP contribution is 2.40. The summed E-state index contributed by atoms with van der Waals surface area (Å²) in [6, 6.07) is 48.1. The van der Waals surface area contributed by atoms with E-state index in [0.717, 1.165) is 118 Å². The van der Waals surface area contributed by atoms with Crippen LogP contribution in [-0.2, 0) is 39.7 Å². The average molecular weight is 1490 g/mol. The van der Waals surface area contributed by atoms with Crippen LogP contribution in [-0.4, -0.2) is 168 Å². The molecule has 6 aliphatic rings. The largest absolute Gasteiger partial charge is 0.497 e. The Morgan fingerprint density at radius 3 is 1.27 bits per heavy atom. The summed E-state index contributed by atoms with van der Waals surface area (Å²) in [4.78, 5) is 44.4. The molecule has 4 saturated heterocycles. The molecular formula is C84H102N10O9S3. The Morgan fingerprint density at radius 1 is 0.462 bits per heavy atom. The van der Waals surface area contributed by atoms with E-state index in [0.29, 0.717) is 92.6 Å². The average Bonchev–Trinajstić information content (AvgIpc) is 1.50. The zero-order chi connectivity index (χ0) is 74.1. The molecule has 5 fully saturated rings. The van der Waals surface area contributed by atoms with Gasteiger partial charge in [-0.15, -0.1) is 0 Å². The van der Waals surface area contributed by atoms with Crippen molar-refractivity contribution >= 4 is 102 Å². The summed E-state index contributed by atoms with van der Waals surface area (Å²) in [6.45, 7) is 14.1. The minimum Gasteiger partial charge on any atom is -0.497 e. The summed E-state index contributed by atoms with van der Waals surface area (Å²) in [7, 11) is -7.84. The van der Waals surface area contributed by atoms with Gasteiger partial charge in [0, 0.05) is 169 Å². The van der Waals surface area contributed by atoms with Gasteiger partial charge in [0.05, 0.1) is 23.0 Å². The molecule has 1 saturated carbocycles. The van der Waals surface area contributed by atoms with E-state index in [1.807, 2.05) is 54.4 Å². The summed E-state index contributed by atoms with van der Waals surface area (Å²) in [5.41, 5.74) is 13.7. The van der Waals surface area contributed by atoms with Crippen molar-refractivity contribution in [2.75, 3.05) is 78.3 Å². The number of hydrogen-bond acceptors (Lipinski definition) is 9. The second kappa shape index (κ2) is 33.6. The molecule has 6 aromatic carbocycles. The number of amides is 2. The molecule has 106 heavy (non-hydrogen) atoms. The Hall–Kier alpha value is -8.77. The van der Waals surface area contributed by atoms with Crippen LogP contribution in [0.15, 0.2) is 188 Å². The van der Waals surface area contributed by atoms with Gasteiger partial charge in [-0.3, -0.25) is 9.59 Å². The van der Waals surface area contributed by atoms with Gasteiger partial charge in [-0.2, -0.15) is 4.31 Å². The minimum atomic E-state index is -3.37. The van der Waals surface area contributed by atoms with Crippen LogP contribution in [0.5, 0.6) is 5.75 Å². The number of aromatic nitrogens is 5. The molecule has 0 bridgehead atoms. The number of carbonyl (C=O) groups is 2. The highest BCUT2D eigenvalue weighted by molar-refractivity contribution is 7.90. The smallest absolute Gasteiger partial charge is 0.243 e. The van der Waals surface area contributed by atoms with E-state index in [9.17, 15) is 34.8 Å². The molecule has 10 heterocycles. The van der Waals surface area contributed by atoms with E-state index in [2.05, 4.69) is 146 Å². The molecule has 5 N–H and O–H groups in total. The van der Waals surface area contributed by atoms with Gasteiger partial charge in [0.25, 0.3) is 0 Å². The first-order valence-electron chi connectivity index (χ1n) is 37.9. The first kappa shape index (κ1) is 75.5. The SMILES string of the molecule is CC(C)S(=O)(=O)N1CCC(c2c[nH]c3ccccc23)CC1.CCCS(=O)(=O)N1CCC(c2c[nH]c3ccccc23)CC1.COc1ccc2[nH]cc(C3=CCN(C(C)=O)CC3)c2c1.O=C(C1CC1)N1CCC(c2c[nH]c3ccccc23)CC1.O=S(=O)(c1ccccc1)N1CCC(c2c[nH]c3ccccc23)CC1. The van der Waals surface area contributed by atoms with E-state index in [4.69, 9.17) is 4.74 Å². The van der Waals surface area contributed by atoms with Crippen molar-refractivity contribution in [3.05, 3.63) is 210 Å². The second-order valence-electron chi connectivity index (χ2n) is 29.3. The van der Waals surface area contributed by atoms with Crippen LogP contribution in [0, 0.1) is 5.92 Å². The molecule has 11 aromatic rings. The van der Waals surface area contributed by atoms with Crippen LogP contribution in [0.1, 0.15) is 156 Å². The second-order valence-corrected chi connectivity index (χ2v) is 35.9. The molecule has 0 spiro atoms. The first-order valence-corrected chi connectivity index (χ1v) is 42.5. The number of piperidine rings is 4. The molecule has 5 aliphatic heterocycles. The molecule has 0 atom stereocenters. The van der Waals surface area contributed by atoms with Crippen LogP contribution in [0.2, 0.25) is 0 Å². The number of aromatic amines is 5. The predicted molar refractivity (Wildman–Crippen MR) is 427 cm³/mol. The lowest BCUT2D eigenvalue weighted by molar-refractivity contribution is -0.133. The van der Waals surface area contributed by atoms with Gasteiger partial charge in [-0.1, -0.05) is 104 Å². The van der Waals surface area contributed by atoms with Crippen LogP contribution in [0.25, 0.3) is 60.1 Å². The van der Waals surface area contributed by atoms with Crippen LogP contribution < -0.4 is 4.74 Å². The number of H-pyrrole nitrogens is 5. The zero-order valence-corrected chi connectivity index (χ0v) is 64.1. The maximum Gasteiger partial charge on any atom is 0.243 e. The monoisotopic (exact) mass is 1490 g/mol. The number of sulfonamides is 3. The van der Waals surface area contributed by atoms with Crippen molar-refractivity contribution in [1.82, 2.24) is 47.6 Å². The zero-order valence-electron chi connectivity index (χ0n) is 61.7. The summed E-state index contributed by atoms with van der Waals surface area (Å²) >= 11 is 0. The van der Waals surface area contributed by atoms with Gasteiger partial charge in [0.15, 0.2) is 0 Å². The molecular weight excluding hydrogens is 1390 g/mol. The fraction of sp³-hybridized carbons (Fsp3) is 0.405. The molecule has 19 nitrogen and oxygen atoms in total. The number of hydrogen-bond donors (Lipinski definition) is 5. The van der Waals surface area contributed by atoms with E-state index >= 15 is 0 Å². The van der Waals surface area contributed by atoms with Crippen molar-refractivity contribution in [1.29, 1.82) is 0 Å². The maximum absolute atomic E-state index is 12.7. The third kappa shape index (κ3) is 17.1. The van der Waals surface area contributed by atoms with Gasteiger partial charge in [-0.05, 0) is 197 Å². The Kier molecular flexibility index (Phi) is 23.9. The number of nitrogens with one attached hydrogen (secondary N) is 5. The molecule has 5 aromatic heterocycles. The minimum absolute atomic E-state index is 0.140. The molecule has 22 heteroatoms. The third-order valence-corrected chi connectivity index (χ3v) is 28.7. The third-order valence-electron chi connectivity index (χ3n) is 22.4. The number of methoxy groups -OCH3 is 1. The highest BCUT2D eigenvalue weighted by Gasteiger charge is 2.37. The van der Waals surface area contributed by atoms with Gasteiger partial charge >= 0.3 is 0 Å². The molecule has 0 unspecified atom stereocenters. The van der Waals surface area contributed by atoms with Crippen LogP contribution in [0.3, 0.4) is 0 Å². The summed E-state index contributed by atoms with van der Waals surface area (Å²) < 4.78 is 84.3. The lowest BCUT2D eigenvalue weighted by Crippen LogP contribution is -2.41. The lowest BCUT2D eigenvalue weighted by atomic mass is 9.89. The van der Waals surface area contributed by atoms with E-state index < -0.39 is 30.1 Å². The topological polar surface area (TPSA) is 241 Å². The highest BCUT2D eigenvalue weighted by atomic mass is 32.2. The quantitative estimate of drug-likeness (QED) is 0.0694. The Labute approximate surface area is 624 Å². The Bertz CT molecular complexity index is 5200. The Balaban J connectivity index is 0.000000117. The van der Waals surface area contributed by atoms with E-state index in [1.165, 1.54) is 65.8 Å². The van der Waals surface area contributed by atoms with Crippen molar-refractivity contribution in [2.45, 2.75) is 139 Å². The number of rotatable bonds is 14. The molecule has 0 radical (unpaired) electrons. The first-order chi connectivity index (χ1) is 51.3. The Morgan fingerprint density at radius 2 is 0.868 bits per heavy atom. The van der Waals surface area contributed by atoms with E-state index in [1.54, 1.807) is 65.1 Å². The standard InChI is InChI=1S/C19H20N2O2S.C17H20N2O.2C16H22N2O2S.C16H18N2O2/c22-24(23,16-6-2-1-3-7-16)21-12-10-15(11-13-21)18-14-20-19-9-5-4-8-17(18)19;20-17(13-5-6-13)19-9-7-12(8-10-19)15-11-18-16-4-2-1-3-14(15)16;1-12(2)21(19,20)18-9-7-13(8-10-18)15-11-17-16-6-4-3-5-14(15)16;1-2-11-21(19,20)18-9-7-13(8-10-18)15-12-17-16-6-4-3-5-14(15)16;1-11(19)18-7-5-12(6-8-18)15-10-17-16-4-3-13(20-2)9-14(15)16/h1-9,14-15,20H,10-13H2;1-4,11-13,18H,5-10H2;3-6,11-13,17H,7-10H2,1-2H3;3-6,12-13,17H,2,7-11H2,1H3;3-5,9-10,17H,6-8H2,1-2H3. The van der Waals surface area contributed by atoms with Crippen molar-refractivity contribution < 1.29 is 39.6 Å². The number of para-hydroxylation sites is 4. The van der Waals surface area contributed by atoms with Gasteiger partial charge < -0.3 is 39.5 Å². The van der Waals surface area contributed by atoms with Gasteiger partial charge in [0.1, 0.15) is 5.75 Å². The van der Waals surface area contributed by atoms with Crippen LogP contribution in [0.4, 0.5) is 0 Å². The normalized spacial score (nSPS) is 18.0. The van der Waals surface area contributed by atoms with Crippen molar-refractivity contribution in [3.63, 3.8) is 0 Å². The fourth-order valence-electron chi connectivity index (χ4n) is 16.1. The van der Waals surface area contributed by atoms with Crippen molar-refractivity contribution in [3.8, 4) is 5.75 Å². The molecule has 1 aliphatic carbocycles. The van der Waals surface area contributed by atoms with Crippen molar-refractivity contribution in [2.24, 2.45) is 5.92 Å². The number of benzene rings is 6. The molecule has 2 amide bonds. The number of fused-ring (bicyclic) bond motifs is 5. The number of ether oxygens (including phenoxy) is 1. The van der Waals surface area contributed by atoms with E-state index in [-0.39, 0.29) is 16.9 Å².